The first-order valence-corrected chi connectivity index (χ1v) is 9.77. The van der Waals surface area contributed by atoms with Crippen molar-refractivity contribution < 1.29 is 18.7 Å². The number of hydrogen-bond acceptors (Lipinski definition) is 6. The number of nitrogens with one attached hydrogen (secondary N) is 1. The quantitative estimate of drug-likeness (QED) is 0.496. The number of amides is 1. The molecule has 0 unspecified atom stereocenters. The molecule has 7 nitrogen and oxygen atoms in total. The van der Waals surface area contributed by atoms with Crippen molar-refractivity contribution in [2.24, 2.45) is 0 Å². The molecule has 0 bridgehead atoms. The Morgan fingerprint density at radius 2 is 1.90 bits per heavy atom. The third-order valence-corrected chi connectivity index (χ3v) is 5.15. The van der Waals surface area contributed by atoms with Crippen molar-refractivity contribution in [2.45, 2.75) is 0 Å². The van der Waals surface area contributed by atoms with Gasteiger partial charge < -0.3 is 14.8 Å². The summed E-state index contributed by atoms with van der Waals surface area (Å²) < 4.78 is 25.4. The number of rotatable bonds is 6. The van der Waals surface area contributed by atoms with E-state index in [0.717, 1.165) is 4.88 Å². The van der Waals surface area contributed by atoms with Crippen molar-refractivity contribution in [3.8, 4) is 27.9 Å². The lowest BCUT2D eigenvalue weighted by atomic mass is 10.2. The molecule has 0 atom stereocenters. The molecule has 0 saturated heterocycles. The van der Waals surface area contributed by atoms with Gasteiger partial charge in [-0.3, -0.25) is 4.79 Å². The zero-order valence-electron chi connectivity index (χ0n) is 16.1. The van der Waals surface area contributed by atoms with Gasteiger partial charge in [0, 0.05) is 6.07 Å². The standard InChI is InChI=1S/C21H17FN4O3S/c1-28-15-9-10-16(17(12-15)29-2)23-21(27)19-24-20(18-4-3-11-30-18)26(25-19)14-7-5-13(22)6-8-14/h3-12H,1-2H3,(H,23,27). The molecule has 0 aliphatic carbocycles. The summed E-state index contributed by atoms with van der Waals surface area (Å²) in [7, 11) is 3.05. The number of anilines is 1. The molecular weight excluding hydrogens is 407 g/mol. The fourth-order valence-electron chi connectivity index (χ4n) is 2.82. The van der Waals surface area contributed by atoms with Crippen molar-refractivity contribution in [3.63, 3.8) is 0 Å². The van der Waals surface area contributed by atoms with E-state index in [1.165, 1.54) is 35.3 Å². The molecule has 152 valence electrons. The number of aromatic nitrogens is 3. The topological polar surface area (TPSA) is 78.3 Å². The highest BCUT2D eigenvalue weighted by Crippen LogP contribution is 2.30. The molecular formula is C21H17FN4O3S. The summed E-state index contributed by atoms with van der Waals surface area (Å²) in [6, 6.07) is 14.6. The van der Waals surface area contributed by atoms with E-state index in [1.807, 2.05) is 17.5 Å². The van der Waals surface area contributed by atoms with Crippen LogP contribution >= 0.6 is 11.3 Å². The first kappa shape index (κ1) is 19.6. The van der Waals surface area contributed by atoms with Crippen LogP contribution in [-0.2, 0) is 0 Å². The third-order valence-electron chi connectivity index (χ3n) is 4.28. The van der Waals surface area contributed by atoms with Crippen LogP contribution in [0.15, 0.2) is 60.0 Å². The summed E-state index contributed by atoms with van der Waals surface area (Å²) in [6.45, 7) is 0. The Labute approximate surface area is 175 Å². The van der Waals surface area contributed by atoms with Gasteiger partial charge >= 0.3 is 0 Å². The van der Waals surface area contributed by atoms with Gasteiger partial charge in [-0.1, -0.05) is 6.07 Å². The summed E-state index contributed by atoms with van der Waals surface area (Å²) in [5.41, 5.74) is 1.05. The Morgan fingerprint density at radius 3 is 2.57 bits per heavy atom. The SMILES string of the molecule is COc1ccc(NC(=O)c2nc(-c3cccs3)n(-c3ccc(F)cc3)n2)c(OC)c1. The second kappa shape index (κ2) is 8.34. The van der Waals surface area contributed by atoms with Crippen LogP contribution in [0.5, 0.6) is 11.5 Å². The molecule has 0 fully saturated rings. The molecule has 0 radical (unpaired) electrons. The van der Waals surface area contributed by atoms with E-state index >= 15 is 0 Å². The maximum Gasteiger partial charge on any atom is 0.295 e. The summed E-state index contributed by atoms with van der Waals surface area (Å²) in [5, 5.41) is 9.03. The van der Waals surface area contributed by atoms with Gasteiger partial charge in [-0.15, -0.1) is 16.4 Å². The number of hydrogen-bond donors (Lipinski definition) is 1. The Morgan fingerprint density at radius 1 is 1.10 bits per heavy atom. The molecule has 2 aromatic heterocycles. The lowest BCUT2D eigenvalue weighted by Crippen LogP contribution is -2.15. The van der Waals surface area contributed by atoms with Crippen molar-refractivity contribution >= 4 is 22.9 Å². The predicted molar refractivity (Wildman–Crippen MR) is 112 cm³/mol. The second-order valence-corrected chi connectivity index (χ2v) is 7.09. The van der Waals surface area contributed by atoms with E-state index in [1.54, 1.807) is 37.4 Å². The molecule has 0 spiro atoms. The van der Waals surface area contributed by atoms with E-state index in [0.29, 0.717) is 28.7 Å². The highest BCUT2D eigenvalue weighted by molar-refractivity contribution is 7.13. The van der Waals surface area contributed by atoms with E-state index in [9.17, 15) is 9.18 Å². The Balaban J connectivity index is 1.70. The van der Waals surface area contributed by atoms with Crippen molar-refractivity contribution in [3.05, 3.63) is 71.6 Å². The van der Waals surface area contributed by atoms with Crippen molar-refractivity contribution in [1.29, 1.82) is 0 Å². The van der Waals surface area contributed by atoms with Gasteiger partial charge in [0.25, 0.3) is 5.91 Å². The van der Waals surface area contributed by atoms with Gasteiger partial charge in [-0.05, 0) is 47.8 Å². The fraction of sp³-hybridized carbons (Fsp3) is 0.0952. The first-order valence-electron chi connectivity index (χ1n) is 8.89. The van der Waals surface area contributed by atoms with Gasteiger partial charge in [0.1, 0.15) is 17.3 Å². The van der Waals surface area contributed by atoms with Crippen molar-refractivity contribution in [2.75, 3.05) is 19.5 Å². The van der Waals surface area contributed by atoms with Gasteiger partial charge in [-0.2, -0.15) is 0 Å². The Bertz CT molecular complexity index is 1170. The van der Waals surface area contributed by atoms with Crippen LogP contribution in [0.3, 0.4) is 0 Å². The van der Waals surface area contributed by atoms with Crippen molar-refractivity contribution in [1.82, 2.24) is 14.8 Å². The van der Waals surface area contributed by atoms with Gasteiger partial charge in [0.05, 0.1) is 30.5 Å². The number of nitrogens with zero attached hydrogens (tertiary/aromatic N) is 3. The summed E-state index contributed by atoms with van der Waals surface area (Å²) >= 11 is 1.46. The fourth-order valence-corrected chi connectivity index (χ4v) is 3.51. The normalized spacial score (nSPS) is 10.6. The van der Waals surface area contributed by atoms with Crippen LogP contribution in [0.2, 0.25) is 0 Å². The molecule has 4 aromatic rings. The highest BCUT2D eigenvalue weighted by atomic mass is 32.1. The minimum Gasteiger partial charge on any atom is -0.497 e. The summed E-state index contributed by atoms with van der Waals surface area (Å²) in [4.78, 5) is 18.1. The van der Waals surface area contributed by atoms with Gasteiger partial charge in [0.2, 0.25) is 5.82 Å². The zero-order valence-corrected chi connectivity index (χ0v) is 16.9. The molecule has 4 rings (SSSR count). The molecule has 1 N–H and O–H groups in total. The molecule has 2 heterocycles. The maximum absolute atomic E-state index is 13.3. The summed E-state index contributed by atoms with van der Waals surface area (Å²) in [5.74, 6) is 0.644. The lowest BCUT2D eigenvalue weighted by molar-refractivity contribution is 0.101. The maximum atomic E-state index is 13.3. The van der Waals surface area contributed by atoms with E-state index < -0.39 is 5.91 Å². The number of ether oxygens (including phenoxy) is 2. The number of methoxy groups -OCH3 is 2. The lowest BCUT2D eigenvalue weighted by Gasteiger charge is -2.10. The number of benzene rings is 2. The largest absolute Gasteiger partial charge is 0.497 e. The Kier molecular flexibility index (Phi) is 5.44. The number of halogens is 1. The van der Waals surface area contributed by atoms with Gasteiger partial charge in [0.15, 0.2) is 5.82 Å². The number of carbonyl (C=O) groups is 1. The van der Waals surface area contributed by atoms with Gasteiger partial charge in [-0.25, -0.2) is 14.1 Å². The second-order valence-electron chi connectivity index (χ2n) is 6.14. The average Bonchev–Trinajstić information content (AvgIpc) is 3.44. The molecule has 2 aromatic carbocycles. The van der Waals surface area contributed by atoms with E-state index in [-0.39, 0.29) is 11.6 Å². The zero-order chi connectivity index (χ0) is 21.1. The van der Waals surface area contributed by atoms with E-state index in [2.05, 4.69) is 15.4 Å². The predicted octanol–water partition coefficient (Wildman–Crippen LogP) is 4.40. The molecule has 0 aliphatic heterocycles. The van der Waals surface area contributed by atoms with Crippen LogP contribution in [0, 0.1) is 5.82 Å². The minimum atomic E-state index is -0.503. The number of thiophene rings is 1. The number of carbonyl (C=O) groups excluding carboxylic acids is 1. The first-order chi connectivity index (χ1) is 14.6. The van der Waals surface area contributed by atoms with Crippen LogP contribution in [0.1, 0.15) is 10.6 Å². The Hall–Kier alpha value is -3.72. The molecule has 0 saturated carbocycles. The highest BCUT2D eigenvalue weighted by Gasteiger charge is 2.20. The smallest absolute Gasteiger partial charge is 0.295 e. The minimum absolute atomic E-state index is 0.0272. The monoisotopic (exact) mass is 424 g/mol. The molecule has 0 aliphatic rings. The summed E-state index contributed by atoms with van der Waals surface area (Å²) in [6.07, 6.45) is 0. The third kappa shape index (κ3) is 3.87. The molecule has 9 heteroatoms. The van der Waals surface area contributed by atoms with Crippen LogP contribution < -0.4 is 14.8 Å². The average molecular weight is 424 g/mol. The van der Waals surface area contributed by atoms with Crippen LogP contribution in [0.4, 0.5) is 10.1 Å². The van der Waals surface area contributed by atoms with Crippen LogP contribution in [-0.4, -0.2) is 34.9 Å². The molecule has 30 heavy (non-hydrogen) atoms. The van der Waals surface area contributed by atoms with Crippen LogP contribution in [0.25, 0.3) is 16.4 Å². The molecule has 1 amide bonds. The van der Waals surface area contributed by atoms with E-state index in [4.69, 9.17) is 9.47 Å².